The molecule has 0 aliphatic carbocycles. The number of hydrogen-bond acceptors (Lipinski definition) is 8. The van der Waals surface area contributed by atoms with Gasteiger partial charge in [-0.1, -0.05) is 24.3 Å². The summed E-state index contributed by atoms with van der Waals surface area (Å²) in [6, 6.07) is 14.4. The van der Waals surface area contributed by atoms with Crippen molar-refractivity contribution in [3.63, 3.8) is 0 Å². The van der Waals surface area contributed by atoms with Gasteiger partial charge >= 0.3 is 0 Å². The Hall–Kier alpha value is -4.86. The van der Waals surface area contributed by atoms with Crippen molar-refractivity contribution in [3.05, 3.63) is 105 Å². The molecule has 176 valence electrons. The maximum atomic E-state index is 13.6. The third-order valence-electron chi connectivity index (χ3n) is 5.80. The molecule has 1 unspecified atom stereocenters. The van der Waals surface area contributed by atoms with Gasteiger partial charge in [0.05, 0.1) is 36.5 Å². The van der Waals surface area contributed by atoms with Crippen LogP contribution in [0.2, 0.25) is 0 Å². The number of ether oxygens (including phenoxy) is 1. The number of aliphatic hydroxyl groups excluding tert-OH is 1. The van der Waals surface area contributed by atoms with Crippen LogP contribution in [0.15, 0.2) is 87.1 Å². The molecule has 0 radical (unpaired) electrons. The number of amides is 1. The van der Waals surface area contributed by atoms with Gasteiger partial charge in [0, 0.05) is 17.5 Å². The van der Waals surface area contributed by atoms with Crippen LogP contribution in [0.1, 0.15) is 27.9 Å². The third kappa shape index (κ3) is 3.70. The predicted molar refractivity (Wildman–Crippen MR) is 122 cm³/mol. The summed E-state index contributed by atoms with van der Waals surface area (Å²) in [6.07, 6.45) is 1.43. The molecule has 35 heavy (non-hydrogen) atoms. The number of carbonyl (C=O) groups is 2. The van der Waals surface area contributed by atoms with E-state index < -0.39 is 28.4 Å². The molecule has 0 bridgehead atoms. The average Bonchev–Trinajstić information content (AvgIpc) is 3.59. The van der Waals surface area contributed by atoms with Crippen molar-refractivity contribution in [2.45, 2.75) is 12.6 Å². The van der Waals surface area contributed by atoms with E-state index in [1.165, 1.54) is 42.5 Å². The predicted octanol–water partition coefficient (Wildman–Crippen LogP) is 4.72. The van der Waals surface area contributed by atoms with E-state index in [1.807, 2.05) is 0 Å². The van der Waals surface area contributed by atoms with Crippen molar-refractivity contribution in [1.82, 2.24) is 4.90 Å². The summed E-state index contributed by atoms with van der Waals surface area (Å²) >= 11 is 0. The topological polar surface area (TPSA) is 136 Å². The fourth-order valence-corrected chi connectivity index (χ4v) is 4.22. The lowest BCUT2D eigenvalue weighted by molar-refractivity contribution is -0.384. The van der Waals surface area contributed by atoms with Gasteiger partial charge in [-0.05, 0) is 29.8 Å². The van der Waals surface area contributed by atoms with Gasteiger partial charge in [-0.15, -0.1) is 0 Å². The van der Waals surface area contributed by atoms with Crippen LogP contribution in [-0.2, 0) is 11.3 Å². The van der Waals surface area contributed by atoms with Gasteiger partial charge in [-0.25, -0.2) is 0 Å². The molecule has 1 aliphatic heterocycles. The number of Topliss-reactive ketones (excluding diaryl/α,β-unsaturated/α-hetero) is 1. The molecule has 5 rings (SSSR count). The zero-order valence-electron chi connectivity index (χ0n) is 18.3. The van der Waals surface area contributed by atoms with Crippen LogP contribution >= 0.6 is 0 Å². The molecule has 0 fully saturated rings. The number of furan rings is 2. The van der Waals surface area contributed by atoms with Crippen LogP contribution in [-0.4, -0.2) is 33.7 Å². The van der Waals surface area contributed by atoms with E-state index in [0.29, 0.717) is 22.5 Å². The number of nitro benzene ring substituents is 1. The Morgan fingerprint density at radius 3 is 2.69 bits per heavy atom. The number of nitrogens with zero attached hydrogens (tertiary/aromatic N) is 2. The number of hydrogen-bond donors (Lipinski definition) is 1. The number of para-hydroxylation sites is 1. The Morgan fingerprint density at radius 2 is 1.97 bits per heavy atom. The first kappa shape index (κ1) is 22.0. The van der Waals surface area contributed by atoms with E-state index >= 15 is 0 Å². The van der Waals surface area contributed by atoms with Gasteiger partial charge in [0.25, 0.3) is 11.6 Å². The average molecular weight is 474 g/mol. The Balaban J connectivity index is 1.63. The maximum absolute atomic E-state index is 13.6. The summed E-state index contributed by atoms with van der Waals surface area (Å²) in [6.45, 7) is -0.0754. The smallest absolute Gasteiger partial charge is 0.290 e. The van der Waals surface area contributed by atoms with Gasteiger partial charge in [0.1, 0.15) is 5.76 Å². The molecule has 1 amide bonds. The first-order valence-electron chi connectivity index (χ1n) is 10.5. The summed E-state index contributed by atoms with van der Waals surface area (Å²) in [5.74, 6) is -1.59. The molecule has 0 saturated carbocycles. The van der Waals surface area contributed by atoms with Gasteiger partial charge in [-0.3, -0.25) is 19.7 Å². The minimum absolute atomic E-state index is 0.0754. The van der Waals surface area contributed by atoms with Gasteiger partial charge in [0.2, 0.25) is 5.78 Å². The van der Waals surface area contributed by atoms with Crippen LogP contribution in [0.25, 0.3) is 11.0 Å². The summed E-state index contributed by atoms with van der Waals surface area (Å²) < 4.78 is 16.4. The molecule has 4 aromatic rings. The molecule has 0 spiro atoms. The Morgan fingerprint density at radius 1 is 1.17 bits per heavy atom. The molecule has 0 saturated heterocycles. The molecule has 2 aromatic carbocycles. The normalized spacial score (nSPS) is 15.7. The Labute approximate surface area is 197 Å². The lowest BCUT2D eigenvalue weighted by Gasteiger charge is -2.25. The molecule has 1 atom stereocenters. The molecule has 1 aliphatic rings. The number of carbonyl (C=O) groups excluding carboxylic acids is 2. The van der Waals surface area contributed by atoms with E-state index in [2.05, 4.69) is 0 Å². The molecule has 1 N–H and O–H groups in total. The van der Waals surface area contributed by atoms with Crippen molar-refractivity contribution in [3.8, 4) is 5.75 Å². The monoisotopic (exact) mass is 474 g/mol. The van der Waals surface area contributed by atoms with Gasteiger partial charge in [-0.2, -0.15) is 0 Å². The minimum atomic E-state index is -1.12. The SMILES string of the molecule is COc1cccc2cc(C(=O)C3=C(O)C(=O)N(Cc4ccco4)C3c3cccc([N+](=O)[O-])c3)oc12. The Kier molecular flexibility index (Phi) is 5.33. The number of rotatable bonds is 7. The fourth-order valence-electron chi connectivity index (χ4n) is 4.22. The summed E-state index contributed by atoms with van der Waals surface area (Å²) in [7, 11) is 1.47. The highest BCUT2D eigenvalue weighted by atomic mass is 16.6. The molecule has 3 heterocycles. The molecule has 10 nitrogen and oxygen atoms in total. The van der Waals surface area contributed by atoms with E-state index in [4.69, 9.17) is 13.6 Å². The number of nitro groups is 1. The highest BCUT2D eigenvalue weighted by Gasteiger charge is 2.45. The van der Waals surface area contributed by atoms with E-state index in [0.717, 1.165) is 0 Å². The van der Waals surface area contributed by atoms with E-state index in [1.54, 1.807) is 36.4 Å². The number of benzene rings is 2. The highest BCUT2D eigenvalue weighted by molar-refractivity contribution is 6.16. The molecular weight excluding hydrogens is 456 g/mol. The molecule has 2 aromatic heterocycles. The second kappa shape index (κ2) is 8.49. The zero-order chi connectivity index (χ0) is 24.7. The van der Waals surface area contributed by atoms with E-state index in [-0.39, 0.29) is 29.1 Å². The van der Waals surface area contributed by atoms with Crippen LogP contribution in [0.5, 0.6) is 5.75 Å². The van der Waals surface area contributed by atoms with Crippen molar-refractivity contribution < 1.29 is 33.2 Å². The van der Waals surface area contributed by atoms with Gasteiger partial charge < -0.3 is 23.6 Å². The van der Waals surface area contributed by atoms with Crippen molar-refractivity contribution >= 4 is 28.3 Å². The van der Waals surface area contributed by atoms with Crippen molar-refractivity contribution in [2.24, 2.45) is 0 Å². The summed E-state index contributed by atoms with van der Waals surface area (Å²) in [5.41, 5.74) is 0.141. The molecule has 10 heteroatoms. The van der Waals surface area contributed by atoms with Crippen molar-refractivity contribution in [1.29, 1.82) is 0 Å². The standard InChI is InChI=1S/C25H18N2O8/c1-33-18-9-3-6-15-12-19(35-24(15)18)22(28)20-21(14-5-2-7-16(11-14)27(31)32)26(25(30)23(20)29)13-17-8-4-10-34-17/h2-12,21,29H,13H2,1H3. The van der Waals surface area contributed by atoms with Crippen molar-refractivity contribution in [2.75, 3.05) is 7.11 Å². The summed E-state index contributed by atoms with van der Waals surface area (Å²) in [5, 5.41) is 22.8. The number of ketones is 1. The van der Waals surface area contributed by atoms with Crippen LogP contribution in [0.4, 0.5) is 5.69 Å². The minimum Gasteiger partial charge on any atom is -0.503 e. The summed E-state index contributed by atoms with van der Waals surface area (Å²) in [4.78, 5) is 38.8. The fraction of sp³-hybridized carbons (Fsp3) is 0.120. The number of fused-ring (bicyclic) bond motifs is 1. The first-order valence-corrected chi connectivity index (χ1v) is 10.5. The number of methoxy groups -OCH3 is 1. The third-order valence-corrected chi connectivity index (χ3v) is 5.80. The van der Waals surface area contributed by atoms with Crippen LogP contribution in [0.3, 0.4) is 0 Å². The van der Waals surface area contributed by atoms with Crippen LogP contribution < -0.4 is 4.74 Å². The highest BCUT2D eigenvalue weighted by Crippen LogP contribution is 2.41. The lowest BCUT2D eigenvalue weighted by Crippen LogP contribution is -2.30. The van der Waals surface area contributed by atoms with E-state index in [9.17, 15) is 24.8 Å². The molecular formula is C25H18N2O8. The quantitative estimate of drug-likeness (QED) is 0.231. The number of non-ortho nitro benzene ring substituents is 1. The second-order valence-corrected chi connectivity index (χ2v) is 7.85. The zero-order valence-corrected chi connectivity index (χ0v) is 18.3. The largest absolute Gasteiger partial charge is 0.503 e. The lowest BCUT2D eigenvalue weighted by atomic mass is 9.94. The second-order valence-electron chi connectivity index (χ2n) is 7.85. The van der Waals surface area contributed by atoms with Crippen LogP contribution in [0, 0.1) is 10.1 Å². The first-order chi connectivity index (χ1) is 16.9. The maximum Gasteiger partial charge on any atom is 0.290 e. The van der Waals surface area contributed by atoms with Gasteiger partial charge in [0.15, 0.2) is 22.9 Å². The number of aliphatic hydroxyl groups is 1. The Bertz CT molecular complexity index is 1500.